The monoisotopic (exact) mass is 274 g/mol. The third kappa shape index (κ3) is 2.37. The lowest BCUT2D eigenvalue weighted by atomic mass is 10.1. The average molecular weight is 274 g/mol. The van der Waals surface area contributed by atoms with Crippen LogP contribution in [-0.2, 0) is 0 Å². The number of rotatable bonds is 3. The van der Waals surface area contributed by atoms with Crippen LogP contribution in [0.15, 0.2) is 18.3 Å². The molecule has 0 radical (unpaired) electrons. The van der Waals surface area contributed by atoms with Crippen LogP contribution in [0, 0.1) is 13.8 Å². The van der Waals surface area contributed by atoms with E-state index >= 15 is 0 Å². The molecule has 0 aliphatic rings. The largest absolute Gasteiger partial charge is 0.478 e. The zero-order chi connectivity index (χ0) is 14.9. The lowest BCUT2D eigenvalue weighted by Gasteiger charge is -2.09. The quantitative estimate of drug-likeness (QED) is 0.868. The van der Waals surface area contributed by atoms with Crippen molar-refractivity contribution in [2.75, 3.05) is 7.05 Å². The molecular formula is C13H14N4O3. The van der Waals surface area contributed by atoms with Crippen molar-refractivity contribution in [1.82, 2.24) is 20.1 Å². The number of amides is 1. The Hall–Kier alpha value is -2.70. The molecule has 0 fully saturated rings. The highest BCUT2D eigenvalue weighted by Crippen LogP contribution is 2.17. The Morgan fingerprint density at radius 1 is 1.35 bits per heavy atom. The molecule has 1 amide bonds. The molecular weight excluding hydrogens is 260 g/mol. The highest BCUT2D eigenvalue weighted by atomic mass is 16.4. The molecule has 0 atom stereocenters. The van der Waals surface area contributed by atoms with E-state index in [0.717, 1.165) is 0 Å². The fourth-order valence-corrected chi connectivity index (χ4v) is 1.94. The summed E-state index contributed by atoms with van der Waals surface area (Å²) in [6.07, 6.45) is 1.51. The third-order valence-electron chi connectivity index (χ3n) is 2.81. The summed E-state index contributed by atoms with van der Waals surface area (Å²) in [4.78, 5) is 27.1. The number of nitrogens with zero attached hydrogens (tertiary/aromatic N) is 3. The summed E-state index contributed by atoms with van der Waals surface area (Å²) in [7, 11) is 1.50. The van der Waals surface area contributed by atoms with Crippen molar-refractivity contribution < 1.29 is 14.7 Å². The van der Waals surface area contributed by atoms with Gasteiger partial charge in [-0.15, -0.1) is 0 Å². The van der Waals surface area contributed by atoms with Gasteiger partial charge in [0.2, 0.25) is 0 Å². The molecule has 2 heterocycles. The number of carbonyl (C=O) groups excluding carboxylic acids is 1. The van der Waals surface area contributed by atoms with Gasteiger partial charge in [0.1, 0.15) is 5.56 Å². The summed E-state index contributed by atoms with van der Waals surface area (Å²) < 4.78 is 1.30. The van der Waals surface area contributed by atoms with Crippen LogP contribution >= 0.6 is 0 Å². The lowest BCUT2D eigenvalue weighted by Crippen LogP contribution is -2.19. The maximum Gasteiger partial charge on any atom is 0.339 e. The summed E-state index contributed by atoms with van der Waals surface area (Å²) in [5.41, 5.74) is 1.54. The van der Waals surface area contributed by atoms with Gasteiger partial charge in [-0.05, 0) is 31.5 Å². The Kier molecular flexibility index (Phi) is 3.51. The smallest absolute Gasteiger partial charge is 0.339 e. The SMILES string of the molecule is CNC(=O)c1ccn(-c2nc(C)cc(C)c2C(=O)O)n1. The molecule has 0 spiro atoms. The number of nitrogens with one attached hydrogen (secondary N) is 1. The average Bonchev–Trinajstić information content (AvgIpc) is 2.85. The summed E-state index contributed by atoms with van der Waals surface area (Å²) in [5.74, 6) is -1.22. The second-order valence-electron chi connectivity index (χ2n) is 4.31. The van der Waals surface area contributed by atoms with Crippen LogP contribution < -0.4 is 5.32 Å². The second-order valence-corrected chi connectivity index (χ2v) is 4.31. The van der Waals surface area contributed by atoms with Gasteiger partial charge in [-0.3, -0.25) is 4.79 Å². The van der Waals surface area contributed by atoms with Crippen LogP contribution in [0.3, 0.4) is 0 Å². The van der Waals surface area contributed by atoms with Gasteiger partial charge in [0, 0.05) is 18.9 Å². The molecule has 2 aromatic rings. The van der Waals surface area contributed by atoms with Gasteiger partial charge in [-0.1, -0.05) is 0 Å². The highest BCUT2D eigenvalue weighted by Gasteiger charge is 2.19. The predicted octanol–water partition coefficient (Wildman–Crippen LogP) is 0.942. The molecule has 104 valence electrons. The third-order valence-corrected chi connectivity index (χ3v) is 2.81. The Morgan fingerprint density at radius 3 is 2.65 bits per heavy atom. The fraction of sp³-hybridized carbons (Fsp3) is 0.231. The summed E-state index contributed by atoms with van der Waals surface area (Å²) in [6, 6.07) is 3.19. The first-order chi connectivity index (χ1) is 9.43. The van der Waals surface area contributed by atoms with Crippen molar-refractivity contribution in [2.24, 2.45) is 0 Å². The van der Waals surface area contributed by atoms with E-state index < -0.39 is 5.97 Å². The van der Waals surface area contributed by atoms with E-state index in [4.69, 9.17) is 0 Å². The number of aryl methyl sites for hydroxylation is 2. The van der Waals surface area contributed by atoms with Crippen molar-refractivity contribution in [1.29, 1.82) is 0 Å². The number of carboxylic acid groups (broad SMARTS) is 1. The first-order valence-electron chi connectivity index (χ1n) is 5.93. The van der Waals surface area contributed by atoms with Crippen molar-refractivity contribution in [2.45, 2.75) is 13.8 Å². The number of hydrogen-bond acceptors (Lipinski definition) is 4. The Labute approximate surface area is 115 Å². The van der Waals surface area contributed by atoms with Crippen LogP contribution in [0.25, 0.3) is 5.82 Å². The minimum atomic E-state index is -1.08. The summed E-state index contributed by atoms with van der Waals surface area (Å²) in [6.45, 7) is 3.47. The zero-order valence-corrected chi connectivity index (χ0v) is 11.3. The topological polar surface area (TPSA) is 97.1 Å². The molecule has 2 N–H and O–H groups in total. The van der Waals surface area contributed by atoms with E-state index in [2.05, 4.69) is 15.4 Å². The number of aromatic nitrogens is 3. The van der Waals surface area contributed by atoms with Gasteiger partial charge in [0.15, 0.2) is 11.5 Å². The van der Waals surface area contributed by atoms with Crippen LogP contribution in [0.4, 0.5) is 0 Å². The molecule has 2 aromatic heterocycles. The van der Waals surface area contributed by atoms with E-state index in [1.807, 2.05) is 0 Å². The van der Waals surface area contributed by atoms with Crippen LogP contribution in [0.2, 0.25) is 0 Å². The summed E-state index contributed by atoms with van der Waals surface area (Å²) >= 11 is 0. The molecule has 0 unspecified atom stereocenters. The number of aromatic carboxylic acids is 1. The van der Waals surface area contributed by atoms with Crippen LogP contribution in [0.1, 0.15) is 32.1 Å². The highest BCUT2D eigenvalue weighted by molar-refractivity contribution is 5.93. The number of pyridine rings is 1. The van der Waals surface area contributed by atoms with Crippen LogP contribution in [-0.4, -0.2) is 38.8 Å². The summed E-state index contributed by atoms with van der Waals surface area (Å²) in [5, 5.41) is 15.8. The Bertz CT molecular complexity index is 691. The van der Waals surface area contributed by atoms with Gasteiger partial charge in [-0.2, -0.15) is 5.10 Å². The van der Waals surface area contributed by atoms with Crippen molar-refractivity contribution >= 4 is 11.9 Å². The lowest BCUT2D eigenvalue weighted by molar-refractivity contribution is 0.0695. The normalized spacial score (nSPS) is 10.3. The first kappa shape index (κ1) is 13.7. The fourth-order valence-electron chi connectivity index (χ4n) is 1.94. The molecule has 2 rings (SSSR count). The second kappa shape index (κ2) is 5.12. The predicted molar refractivity (Wildman–Crippen MR) is 71.2 cm³/mol. The molecule has 7 heteroatoms. The molecule has 7 nitrogen and oxygen atoms in total. The molecule has 0 aromatic carbocycles. The van der Waals surface area contributed by atoms with Crippen molar-refractivity contribution in [3.8, 4) is 5.82 Å². The first-order valence-corrected chi connectivity index (χ1v) is 5.93. The van der Waals surface area contributed by atoms with Gasteiger partial charge in [0.05, 0.1) is 0 Å². The van der Waals surface area contributed by atoms with Crippen molar-refractivity contribution in [3.05, 3.63) is 40.8 Å². The van der Waals surface area contributed by atoms with Gasteiger partial charge in [-0.25, -0.2) is 14.5 Å². The van der Waals surface area contributed by atoms with E-state index in [1.165, 1.54) is 24.0 Å². The zero-order valence-electron chi connectivity index (χ0n) is 11.3. The van der Waals surface area contributed by atoms with Gasteiger partial charge in [0.25, 0.3) is 5.91 Å². The maximum atomic E-state index is 11.5. The number of carbonyl (C=O) groups is 2. The maximum absolute atomic E-state index is 11.5. The number of carboxylic acids is 1. The molecule has 0 aliphatic heterocycles. The molecule has 0 saturated carbocycles. The van der Waals surface area contributed by atoms with Crippen molar-refractivity contribution in [3.63, 3.8) is 0 Å². The van der Waals surface area contributed by atoms with E-state index in [-0.39, 0.29) is 23.0 Å². The number of hydrogen-bond donors (Lipinski definition) is 2. The molecule has 20 heavy (non-hydrogen) atoms. The molecule has 0 bridgehead atoms. The minimum Gasteiger partial charge on any atom is -0.478 e. The Balaban J connectivity index is 2.60. The minimum absolute atomic E-state index is 0.0714. The van der Waals surface area contributed by atoms with Gasteiger partial charge >= 0.3 is 5.97 Å². The standard InChI is InChI=1S/C13H14N4O3/c1-7-6-8(2)15-11(10(7)13(19)20)17-5-4-9(16-17)12(18)14-3/h4-6H,1-3H3,(H,14,18)(H,19,20). The van der Waals surface area contributed by atoms with Crippen LogP contribution in [0.5, 0.6) is 0 Å². The van der Waals surface area contributed by atoms with E-state index in [1.54, 1.807) is 19.9 Å². The van der Waals surface area contributed by atoms with E-state index in [9.17, 15) is 14.7 Å². The molecule has 0 aliphatic carbocycles. The Morgan fingerprint density at radius 2 is 2.05 bits per heavy atom. The van der Waals surface area contributed by atoms with E-state index in [0.29, 0.717) is 11.3 Å². The van der Waals surface area contributed by atoms with Gasteiger partial charge < -0.3 is 10.4 Å². The molecule has 0 saturated heterocycles.